The molecule has 0 radical (unpaired) electrons. The summed E-state index contributed by atoms with van der Waals surface area (Å²) in [7, 11) is 0. The van der Waals surface area contributed by atoms with Gasteiger partial charge in [0.2, 0.25) is 0 Å². The molecule has 1 aromatic carbocycles. The Hall–Kier alpha value is -2.28. The van der Waals surface area contributed by atoms with E-state index in [0.29, 0.717) is 5.56 Å². The van der Waals surface area contributed by atoms with Crippen molar-refractivity contribution >= 4 is 17.4 Å². The molecule has 7 heteroatoms. The van der Waals surface area contributed by atoms with Gasteiger partial charge in [-0.2, -0.15) is 0 Å². The van der Waals surface area contributed by atoms with E-state index < -0.39 is 23.2 Å². The molecule has 1 rings (SSSR count). The second-order valence-electron chi connectivity index (χ2n) is 3.13. The number of benzene rings is 1. The van der Waals surface area contributed by atoms with Crippen LogP contribution in [0.15, 0.2) is 24.3 Å². The summed E-state index contributed by atoms with van der Waals surface area (Å²) < 4.78 is 4.64. The second-order valence-corrected chi connectivity index (χ2v) is 3.13. The van der Waals surface area contributed by atoms with Crippen molar-refractivity contribution in [3.63, 3.8) is 0 Å². The summed E-state index contributed by atoms with van der Waals surface area (Å²) in [5.74, 6) is -1.82. The normalized spacial score (nSPS) is 9.71. The zero-order valence-electron chi connectivity index (χ0n) is 8.79. The molecular weight excluding hydrogens is 228 g/mol. The molecule has 0 saturated heterocycles. The molecular formula is C10H10N2O5. The van der Waals surface area contributed by atoms with Crippen molar-refractivity contribution in [2.75, 3.05) is 6.54 Å². The van der Waals surface area contributed by atoms with Crippen LogP contribution in [0.2, 0.25) is 0 Å². The van der Waals surface area contributed by atoms with E-state index in [2.05, 4.69) is 4.74 Å². The highest BCUT2D eigenvalue weighted by Crippen LogP contribution is 2.12. The maximum Gasteiger partial charge on any atom is 0.376 e. The molecule has 17 heavy (non-hydrogen) atoms. The number of ketones is 1. The van der Waals surface area contributed by atoms with Crippen molar-refractivity contribution in [1.82, 2.24) is 0 Å². The fraction of sp³-hybridized carbons (Fsp3) is 0.200. The van der Waals surface area contributed by atoms with Crippen molar-refractivity contribution < 1.29 is 19.2 Å². The van der Waals surface area contributed by atoms with Gasteiger partial charge in [-0.1, -0.05) is 0 Å². The van der Waals surface area contributed by atoms with Gasteiger partial charge in [0.25, 0.3) is 11.5 Å². The van der Waals surface area contributed by atoms with Crippen LogP contribution in [0.1, 0.15) is 5.56 Å². The first-order valence-electron chi connectivity index (χ1n) is 4.68. The number of Topliss-reactive ketones (excluding diaryl/α,β-unsaturated/α-hetero) is 1. The third kappa shape index (κ3) is 3.65. The van der Waals surface area contributed by atoms with E-state index in [4.69, 9.17) is 5.73 Å². The zero-order chi connectivity index (χ0) is 12.8. The van der Waals surface area contributed by atoms with Crippen molar-refractivity contribution in [3.8, 4) is 0 Å². The highest BCUT2D eigenvalue weighted by molar-refractivity contribution is 6.34. The summed E-state index contributed by atoms with van der Waals surface area (Å²) >= 11 is 0. The SMILES string of the molecule is NCC(=O)C(=O)OCc1ccc([N+](=O)[O-])cc1. The number of rotatable bonds is 5. The average molecular weight is 238 g/mol. The Balaban J connectivity index is 2.56. The molecule has 0 amide bonds. The summed E-state index contributed by atoms with van der Waals surface area (Å²) in [6.45, 7) is -0.526. The van der Waals surface area contributed by atoms with E-state index in [0.717, 1.165) is 0 Å². The van der Waals surface area contributed by atoms with E-state index in [1.54, 1.807) is 0 Å². The lowest BCUT2D eigenvalue weighted by Gasteiger charge is -2.02. The molecule has 2 N–H and O–H groups in total. The summed E-state index contributed by atoms with van der Waals surface area (Å²) in [6, 6.07) is 5.46. The highest BCUT2D eigenvalue weighted by atomic mass is 16.6. The van der Waals surface area contributed by atoms with Crippen LogP contribution in [0, 0.1) is 10.1 Å². The predicted molar refractivity (Wildman–Crippen MR) is 57.0 cm³/mol. The third-order valence-corrected chi connectivity index (χ3v) is 1.93. The lowest BCUT2D eigenvalue weighted by atomic mass is 10.2. The van der Waals surface area contributed by atoms with Crippen LogP contribution >= 0.6 is 0 Å². The van der Waals surface area contributed by atoms with Gasteiger partial charge in [-0.25, -0.2) is 4.79 Å². The maximum absolute atomic E-state index is 11.0. The third-order valence-electron chi connectivity index (χ3n) is 1.93. The average Bonchev–Trinajstić information content (AvgIpc) is 2.35. The minimum absolute atomic E-state index is 0.0573. The fourth-order valence-corrected chi connectivity index (χ4v) is 1.03. The molecule has 90 valence electrons. The van der Waals surface area contributed by atoms with Crippen molar-refractivity contribution in [2.45, 2.75) is 6.61 Å². The van der Waals surface area contributed by atoms with Gasteiger partial charge in [0.05, 0.1) is 11.5 Å². The van der Waals surface area contributed by atoms with Gasteiger partial charge in [-0.3, -0.25) is 14.9 Å². The van der Waals surface area contributed by atoms with Gasteiger partial charge in [0.15, 0.2) is 0 Å². The number of ether oxygens (including phenoxy) is 1. The van der Waals surface area contributed by atoms with Gasteiger partial charge in [-0.05, 0) is 17.7 Å². The maximum atomic E-state index is 11.0. The van der Waals surface area contributed by atoms with Gasteiger partial charge in [0, 0.05) is 12.1 Å². The molecule has 0 bridgehead atoms. The molecule has 0 aliphatic heterocycles. The van der Waals surface area contributed by atoms with Crippen LogP contribution in [-0.4, -0.2) is 23.2 Å². The van der Waals surface area contributed by atoms with Crippen molar-refractivity contribution in [1.29, 1.82) is 0 Å². The molecule has 0 saturated carbocycles. The van der Waals surface area contributed by atoms with Crippen LogP contribution < -0.4 is 5.73 Å². The quantitative estimate of drug-likeness (QED) is 0.338. The van der Waals surface area contributed by atoms with E-state index in [1.807, 2.05) is 0 Å². The number of nitrogens with zero attached hydrogens (tertiary/aromatic N) is 1. The highest BCUT2D eigenvalue weighted by Gasteiger charge is 2.13. The minimum Gasteiger partial charge on any atom is -0.455 e. The fourth-order valence-electron chi connectivity index (χ4n) is 1.03. The monoisotopic (exact) mass is 238 g/mol. The van der Waals surface area contributed by atoms with Crippen molar-refractivity contribution in [2.24, 2.45) is 5.73 Å². The Bertz CT molecular complexity index is 441. The number of carbonyl (C=O) groups is 2. The first-order valence-corrected chi connectivity index (χ1v) is 4.68. The first-order chi connectivity index (χ1) is 8.04. The minimum atomic E-state index is -1.01. The molecule has 0 spiro atoms. The molecule has 0 aliphatic carbocycles. The summed E-state index contributed by atoms with van der Waals surface area (Å²) in [4.78, 5) is 31.6. The Morgan fingerprint density at radius 3 is 2.35 bits per heavy atom. The molecule has 0 fully saturated rings. The summed E-state index contributed by atoms with van der Waals surface area (Å²) in [5, 5.41) is 10.4. The lowest BCUT2D eigenvalue weighted by molar-refractivity contribution is -0.384. The largest absolute Gasteiger partial charge is 0.455 e. The molecule has 7 nitrogen and oxygen atoms in total. The van der Waals surface area contributed by atoms with Gasteiger partial charge >= 0.3 is 5.97 Å². The Labute approximate surface area is 96.3 Å². The number of non-ortho nitro benzene ring substituents is 1. The number of esters is 1. The van der Waals surface area contributed by atoms with Gasteiger partial charge in [-0.15, -0.1) is 0 Å². The molecule has 0 aromatic heterocycles. The molecule has 0 heterocycles. The van der Waals surface area contributed by atoms with E-state index in [9.17, 15) is 19.7 Å². The van der Waals surface area contributed by atoms with Crippen LogP contribution in [-0.2, 0) is 20.9 Å². The van der Waals surface area contributed by atoms with Crippen molar-refractivity contribution in [3.05, 3.63) is 39.9 Å². The Kier molecular flexibility index (Phi) is 4.29. The molecule has 0 aliphatic rings. The number of carbonyl (C=O) groups excluding carboxylic acids is 2. The number of hydrogen-bond donors (Lipinski definition) is 1. The van der Waals surface area contributed by atoms with Crippen LogP contribution in [0.5, 0.6) is 0 Å². The summed E-state index contributed by atoms with van der Waals surface area (Å²) in [6.07, 6.45) is 0. The molecule has 0 atom stereocenters. The topological polar surface area (TPSA) is 113 Å². The van der Waals surface area contributed by atoms with Gasteiger partial charge in [0.1, 0.15) is 6.61 Å². The Morgan fingerprint density at radius 1 is 1.29 bits per heavy atom. The van der Waals surface area contributed by atoms with Crippen LogP contribution in [0.3, 0.4) is 0 Å². The van der Waals surface area contributed by atoms with E-state index >= 15 is 0 Å². The van der Waals surface area contributed by atoms with Crippen LogP contribution in [0.25, 0.3) is 0 Å². The number of nitrogens with two attached hydrogens (primary N) is 1. The van der Waals surface area contributed by atoms with E-state index in [-0.39, 0.29) is 12.3 Å². The standard InChI is InChI=1S/C10H10N2O5/c11-5-9(13)10(14)17-6-7-1-3-8(4-2-7)12(15)16/h1-4H,5-6,11H2. The number of nitro benzene ring substituents is 1. The predicted octanol–water partition coefficient (Wildman–Crippen LogP) is 0.166. The summed E-state index contributed by atoms with van der Waals surface area (Å²) in [5.41, 5.74) is 5.46. The van der Waals surface area contributed by atoms with Crippen LogP contribution in [0.4, 0.5) is 5.69 Å². The number of nitro groups is 1. The molecule has 0 unspecified atom stereocenters. The second kappa shape index (κ2) is 5.71. The molecule has 1 aromatic rings. The number of hydrogen-bond acceptors (Lipinski definition) is 6. The first kappa shape index (κ1) is 12.8. The van der Waals surface area contributed by atoms with E-state index in [1.165, 1.54) is 24.3 Å². The Morgan fingerprint density at radius 2 is 1.88 bits per heavy atom. The zero-order valence-corrected chi connectivity index (χ0v) is 8.79. The lowest BCUT2D eigenvalue weighted by Crippen LogP contribution is -2.25. The smallest absolute Gasteiger partial charge is 0.376 e. The van der Waals surface area contributed by atoms with Gasteiger partial charge < -0.3 is 10.5 Å².